The number of carboxylic acid groups (broad SMARTS) is 1. The minimum atomic E-state index is -0.857. The molecule has 2 atom stereocenters. The van der Waals surface area contributed by atoms with Gasteiger partial charge in [0.05, 0.1) is 18.3 Å². The standard InChI is InChI=1S/C20H19F2N5O2/c21-11-5-12-13(7-24-17(12)23-6-11)18-25-8-14(22)19(27-18)26-16-10-3-1-9(2-4-10)15(16)20(28)29/h5-10,15-16H,1-4H2,(H,23,24)(H,28,29)(H,25,26,27)/t9?,10?,15-,16+/m0/s1. The summed E-state index contributed by atoms with van der Waals surface area (Å²) in [5.41, 5.74) is 0.967. The summed E-state index contributed by atoms with van der Waals surface area (Å²) < 4.78 is 28.1. The van der Waals surface area contributed by atoms with Crippen molar-refractivity contribution in [1.29, 1.82) is 0 Å². The van der Waals surface area contributed by atoms with Gasteiger partial charge in [-0.1, -0.05) is 0 Å². The van der Waals surface area contributed by atoms with Gasteiger partial charge in [0, 0.05) is 23.2 Å². The molecule has 3 saturated carbocycles. The summed E-state index contributed by atoms with van der Waals surface area (Å²) in [6.07, 6.45) is 7.39. The van der Waals surface area contributed by atoms with Gasteiger partial charge in [-0.2, -0.15) is 0 Å². The number of carbonyl (C=O) groups is 1. The molecule has 2 bridgehead atoms. The molecule has 0 aliphatic heterocycles. The van der Waals surface area contributed by atoms with E-state index in [2.05, 4.69) is 25.3 Å². The molecule has 7 nitrogen and oxygen atoms in total. The number of carboxylic acids is 1. The molecule has 0 aromatic carbocycles. The molecule has 0 radical (unpaired) electrons. The first-order valence-corrected chi connectivity index (χ1v) is 9.66. The van der Waals surface area contributed by atoms with E-state index in [1.165, 1.54) is 6.07 Å². The van der Waals surface area contributed by atoms with Crippen LogP contribution in [0.25, 0.3) is 22.4 Å². The number of halogens is 2. The minimum Gasteiger partial charge on any atom is -0.481 e. The molecule has 9 heteroatoms. The maximum atomic E-state index is 14.5. The first-order valence-electron chi connectivity index (χ1n) is 9.66. The number of H-pyrrole nitrogens is 1. The lowest BCUT2D eigenvalue weighted by Crippen LogP contribution is -2.51. The number of pyridine rings is 1. The van der Waals surface area contributed by atoms with Crippen molar-refractivity contribution >= 4 is 22.8 Å². The second-order valence-corrected chi connectivity index (χ2v) is 7.85. The zero-order valence-corrected chi connectivity index (χ0v) is 15.4. The largest absolute Gasteiger partial charge is 0.481 e. The number of nitrogens with zero attached hydrogens (tertiary/aromatic N) is 3. The van der Waals surface area contributed by atoms with Crippen LogP contribution in [0.5, 0.6) is 0 Å². The number of aromatic nitrogens is 4. The molecule has 3 aromatic rings. The van der Waals surface area contributed by atoms with Gasteiger partial charge in [0.1, 0.15) is 11.5 Å². The Morgan fingerprint density at radius 3 is 2.66 bits per heavy atom. The zero-order chi connectivity index (χ0) is 20.1. The van der Waals surface area contributed by atoms with Crippen LogP contribution < -0.4 is 5.32 Å². The Labute approximate surface area is 164 Å². The van der Waals surface area contributed by atoms with Gasteiger partial charge < -0.3 is 15.4 Å². The van der Waals surface area contributed by atoms with Gasteiger partial charge in [0.15, 0.2) is 17.5 Å². The Hall–Kier alpha value is -3.10. The Balaban J connectivity index is 1.51. The van der Waals surface area contributed by atoms with Gasteiger partial charge in [-0.25, -0.2) is 23.7 Å². The smallest absolute Gasteiger partial charge is 0.308 e. The summed E-state index contributed by atoms with van der Waals surface area (Å²) in [6.45, 7) is 0. The summed E-state index contributed by atoms with van der Waals surface area (Å²) in [5.74, 6) is -2.12. The van der Waals surface area contributed by atoms with Gasteiger partial charge in [-0.3, -0.25) is 4.79 Å². The average molecular weight is 399 g/mol. The van der Waals surface area contributed by atoms with E-state index in [9.17, 15) is 18.7 Å². The maximum absolute atomic E-state index is 14.5. The van der Waals surface area contributed by atoms with Crippen molar-refractivity contribution in [2.24, 2.45) is 17.8 Å². The molecule has 0 amide bonds. The highest BCUT2D eigenvalue weighted by atomic mass is 19.1. The number of anilines is 1. The number of nitrogens with one attached hydrogen (secondary N) is 2. The molecule has 3 N–H and O–H groups in total. The average Bonchev–Trinajstić information content (AvgIpc) is 3.13. The molecule has 3 aliphatic rings. The summed E-state index contributed by atoms with van der Waals surface area (Å²) in [4.78, 5) is 27.1. The minimum absolute atomic E-state index is 0.0301. The number of aliphatic carboxylic acids is 1. The molecule has 6 rings (SSSR count). The van der Waals surface area contributed by atoms with Crippen molar-refractivity contribution in [1.82, 2.24) is 19.9 Å². The molecule has 0 spiro atoms. The first kappa shape index (κ1) is 18.0. The Bertz CT molecular complexity index is 1090. The van der Waals surface area contributed by atoms with E-state index in [1.54, 1.807) is 6.20 Å². The summed E-state index contributed by atoms with van der Waals surface area (Å²) in [6, 6.07) is 0.938. The van der Waals surface area contributed by atoms with Crippen molar-refractivity contribution in [3.8, 4) is 11.4 Å². The fourth-order valence-electron chi connectivity index (χ4n) is 4.93. The highest BCUT2D eigenvalue weighted by molar-refractivity contribution is 5.91. The molecular formula is C20H19F2N5O2. The van der Waals surface area contributed by atoms with Crippen LogP contribution in [0.3, 0.4) is 0 Å². The van der Waals surface area contributed by atoms with Gasteiger partial charge in [0.25, 0.3) is 0 Å². The van der Waals surface area contributed by atoms with E-state index in [4.69, 9.17) is 0 Å². The number of aromatic amines is 1. The second-order valence-electron chi connectivity index (χ2n) is 7.85. The van der Waals surface area contributed by atoms with E-state index in [0.29, 0.717) is 16.6 Å². The fraction of sp³-hybridized carbons (Fsp3) is 0.400. The first-order chi connectivity index (χ1) is 14.0. The number of hydrogen-bond acceptors (Lipinski definition) is 5. The predicted molar refractivity (Wildman–Crippen MR) is 101 cm³/mol. The lowest BCUT2D eigenvalue weighted by molar-refractivity contribution is -0.148. The van der Waals surface area contributed by atoms with Crippen molar-refractivity contribution in [3.63, 3.8) is 0 Å². The van der Waals surface area contributed by atoms with Crippen molar-refractivity contribution in [2.45, 2.75) is 31.7 Å². The molecule has 0 unspecified atom stereocenters. The van der Waals surface area contributed by atoms with Crippen molar-refractivity contribution < 1.29 is 18.7 Å². The lowest BCUT2D eigenvalue weighted by atomic mass is 9.61. The number of hydrogen-bond donors (Lipinski definition) is 3. The van der Waals surface area contributed by atoms with Crippen LogP contribution in [-0.4, -0.2) is 37.1 Å². The summed E-state index contributed by atoms with van der Waals surface area (Å²) in [5, 5.41) is 13.3. The van der Waals surface area contributed by atoms with Crippen LogP contribution in [0, 0.1) is 29.4 Å². The molecular weight excluding hydrogens is 380 g/mol. The van der Waals surface area contributed by atoms with Gasteiger partial charge >= 0.3 is 5.97 Å². The maximum Gasteiger partial charge on any atom is 0.308 e. The molecule has 150 valence electrons. The lowest BCUT2D eigenvalue weighted by Gasteiger charge is -2.47. The van der Waals surface area contributed by atoms with Crippen LogP contribution in [0.15, 0.2) is 24.7 Å². The number of fused-ring (bicyclic) bond motifs is 4. The second kappa shape index (κ2) is 6.75. The van der Waals surface area contributed by atoms with E-state index in [0.717, 1.165) is 38.1 Å². The Morgan fingerprint density at radius 2 is 1.90 bits per heavy atom. The predicted octanol–water partition coefficient (Wildman–Crippen LogP) is 3.60. The topological polar surface area (TPSA) is 104 Å². The SMILES string of the molecule is O=C(O)[C@H]1C2CCC(CC2)[C@H]1Nc1nc(-c2c[nH]c3ncc(F)cc23)ncc1F. The van der Waals surface area contributed by atoms with E-state index < -0.39 is 23.5 Å². The Kier molecular flexibility index (Phi) is 4.18. The third-order valence-corrected chi connectivity index (χ3v) is 6.29. The Morgan fingerprint density at radius 1 is 1.14 bits per heavy atom. The van der Waals surface area contributed by atoms with Crippen LogP contribution in [-0.2, 0) is 4.79 Å². The van der Waals surface area contributed by atoms with Gasteiger partial charge in [-0.15, -0.1) is 0 Å². The van der Waals surface area contributed by atoms with Gasteiger partial charge in [-0.05, 0) is 43.6 Å². The zero-order valence-electron chi connectivity index (χ0n) is 15.4. The molecule has 3 heterocycles. The quantitative estimate of drug-likeness (QED) is 0.619. The van der Waals surface area contributed by atoms with Crippen LogP contribution in [0.1, 0.15) is 25.7 Å². The summed E-state index contributed by atoms with van der Waals surface area (Å²) >= 11 is 0. The van der Waals surface area contributed by atoms with E-state index >= 15 is 0 Å². The molecule has 29 heavy (non-hydrogen) atoms. The third kappa shape index (κ3) is 3.01. The monoisotopic (exact) mass is 399 g/mol. The van der Waals surface area contributed by atoms with E-state index in [1.807, 2.05) is 0 Å². The molecule has 3 aromatic heterocycles. The third-order valence-electron chi connectivity index (χ3n) is 6.29. The summed E-state index contributed by atoms with van der Waals surface area (Å²) in [7, 11) is 0. The van der Waals surface area contributed by atoms with Gasteiger partial charge in [0.2, 0.25) is 0 Å². The molecule has 3 aliphatic carbocycles. The molecule has 0 saturated heterocycles. The highest BCUT2D eigenvalue weighted by Gasteiger charge is 2.47. The normalized spacial score (nSPS) is 26.0. The van der Waals surface area contributed by atoms with Crippen LogP contribution in [0.2, 0.25) is 0 Å². The van der Waals surface area contributed by atoms with Crippen LogP contribution in [0.4, 0.5) is 14.6 Å². The molecule has 3 fully saturated rings. The number of rotatable bonds is 4. The van der Waals surface area contributed by atoms with Crippen LogP contribution >= 0.6 is 0 Å². The highest BCUT2D eigenvalue weighted by Crippen LogP contribution is 2.46. The van der Waals surface area contributed by atoms with Crippen molar-refractivity contribution in [2.75, 3.05) is 5.32 Å². The fourth-order valence-corrected chi connectivity index (χ4v) is 4.93. The van der Waals surface area contributed by atoms with E-state index in [-0.39, 0.29) is 29.5 Å². The van der Waals surface area contributed by atoms with Crippen molar-refractivity contribution in [3.05, 3.63) is 36.3 Å².